The highest BCUT2D eigenvalue weighted by Crippen LogP contribution is 2.41. The Hall–Kier alpha value is -1.38. The summed E-state index contributed by atoms with van der Waals surface area (Å²) in [6.07, 6.45) is 4.83. The van der Waals surface area contributed by atoms with Gasteiger partial charge < -0.3 is 14.7 Å². The van der Waals surface area contributed by atoms with Crippen LogP contribution in [0.3, 0.4) is 0 Å². The minimum absolute atomic E-state index is 0.0614. The molecule has 1 aliphatic heterocycles. The number of carboxylic acid groups (broad SMARTS) is 1. The highest BCUT2D eigenvalue weighted by atomic mass is 35.5. The third-order valence-corrected chi connectivity index (χ3v) is 5.34. The van der Waals surface area contributed by atoms with Crippen LogP contribution >= 0.6 is 11.6 Å². The van der Waals surface area contributed by atoms with Gasteiger partial charge in [-0.2, -0.15) is 0 Å². The number of aliphatic carboxylic acids is 1. The van der Waals surface area contributed by atoms with Crippen LogP contribution in [0.4, 0.5) is 0 Å². The van der Waals surface area contributed by atoms with E-state index in [-0.39, 0.29) is 17.0 Å². The van der Waals surface area contributed by atoms with Crippen LogP contribution in [-0.2, 0) is 24.2 Å². The summed E-state index contributed by atoms with van der Waals surface area (Å²) in [7, 11) is -2.12. The molecule has 0 fully saturated rings. The Morgan fingerprint density at radius 1 is 1.59 bits per heavy atom. The number of methoxy groups -OCH3 is 1. The van der Waals surface area contributed by atoms with Gasteiger partial charge in [0.25, 0.3) is 0 Å². The Kier molecular flexibility index (Phi) is 4.14. The number of ether oxygens (including phenoxy) is 1. The average Bonchev–Trinajstić information content (AvgIpc) is 2.81. The first kappa shape index (κ1) is 17.0. The number of halogens is 1. The number of hydrogen-bond donors (Lipinski definition) is 1. The van der Waals surface area contributed by atoms with Crippen LogP contribution in [0.15, 0.2) is 28.3 Å². The van der Waals surface area contributed by atoms with Gasteiger partial charge in [0, 0.05) is 20.3 Å². The van der Waals surface area contributed by atoms with Gasteiger partial charge in [-0.15, -0.1) is 11.6 Å². The van der Waals surface area contributed by atoms with E-state index >= 15 is 0 Å². The molecule has 0 aromatic rings. The van der Waals surface area contributed by atoms with Gasteiger partial charge in [0.1, 0.15) is 10.8 Å². The molecular formula is C13H16ClNO6S. The van der Waals surface area contributed by atoms with E-state index in [2.05, 4.69) is 5.16 Å². The van der Waals surface area contributed by atoms with Crippen molar-refractivity contribution in [1.29, 1.82) is 0 Å². The normalized spacial score (nSPS) is 34.8. The van der Waals surface area contributed by atoms with Gasteiger partial charge in [-0.1, -0.05) is 11.2 Å². The molecule has 0 saturated carbocycles. The Labute approximate surface area is 133 Å². The van der Waals surface area contributed by atoms with E-state index in [1.807, 2.05) is 0 Å². The molecule has 0 amide bonds. The van der Waals surface area contributed by atoms with E-state index in [1.54, 1.807) is 6.92 Å². The molecule has 7 nitrogen and oxygen atoms in total. The maximum atomic E-state index is 11.7. The summed E-state index contributed by atoms with van der Waals surface area (Å²) in [4.78, 5) is 14.9. The second-order valence-electron chi connectivity index (χ2n) is 5.41. The van der Waals surface area contributed by atoms with Gasteiger partial charge in [0.15, 0.2) is 9.84 Å². The minimum Gasteiger partial charge on any atom is -0.481 e. The van der Waals surface area contributed by atoms with E-state index in [0.717, 1.165) is 6.26 Å². The summed E-state index contributed by atoms with van der Waals surface area (Å²) in [6.45, 7) is 1.62. The molecule has 2 aliphatic rings. The molecule has 0 radical (unpaired) electrons. The van der Waals surface area contributed by atoms with Gasteiger partial charge >= 0.3 is 5.97 Å². The van der Waals surface area contributed by atoms with E-state index in [1.165, 1.54) is 25.3 Å². The number of carbonyl (C=O) groups is 1. The lowest BCUT2D eigenvalue weighted by Gasteiger charge is -2.31. The van der Waals surface area contributed by atoms with Crippen molar-refractivity contribution < 1.29 is 27.9 Å². The summed E-state index contributed by atoms with van der Waals surface area (Å²) >= 11 is 6.49. The van der Waals surface area contributed by atoms with Gasteiger partial charge in [-0.3, -0.25) is 4.79 Å². The maximum absolute atomic E-state index is 11.7. The number of rotatable bonds is 4. The molecule has 0 saturated heterocycles. The van der Waals surface area contributed by atoms with Crippen molar-refractivity contribution in [3.8, 4) is 0 Å². The fourth-order valence-electron chi connectivity index (χ4n) is 2.27. The van der Waals surface area contributed by atoms with Gasteiger partial charge in [0.05, 0.1) is 17.0 Å². The fraction of sp³-hybridized carbons (Fsp3) is 0.538. The maximum Gasteiger partial charge on any atom is 0.312 e. The third kappa shape index (κ3) is 2.90. The first-order valence-electron chi connectivity index (χ1n) is 6.35. The number of hydrogen-bond acceptors (Lipinski definition) is 6. The van der Waals surface area contributed by atoms with Crippen LogP contribution in [0.1, 0.15) is 13.3 Å². The summed E-state index contributed by atoms with van der Waals surface area (Å²) < 4.78 is 28.6. The fourth-order valence-corrected chi connectivity index (χ4v) is 3.44. The van der Waals surface area contributed by atoms with E-state index in [9.17, 15) is 18.3 Å². The first-order chi connectivity index (χ1) is 10.0. The molecule has 0 spiro atoms. The topological polar surface area (TPSA) is 102 Å². The van der Waals surface area contributed by atoms with Crippen LogP contribution in [0.5, 0.6) is 0 Å². The van der Waals surface area contributed by atoms with Crippen molar-refractivity contribution in [2.45, 2.75) is 24.0 Å². The Balaban J connectivity index is 2.49. The van der Waals surface area contributed by atoms with Crippen LogP contribution in [0.25, 0.3) is 0 Å². The molecule has 9 heteroatoms. The first-order valence-corrected chi connectivity index (χ1v) is 8.62. The minimum atomic E-state index is -3.54. The highest BCUT2D eigenvalue weighted by molar-refractivity contribution is 7.94. The second-order valence-corrected chi connectivity index (χ2v) is 8.05. The predicted molar refractivity (Wildman–Crippen MR) is 80.3 cm³/mol. The molecule has 1 heterocycles. The number of allylic oxidation sites excluding steroid dienone is 2. The number of carboxylic acids is 1. The molecule has 22 heavy (non-hydrogen) atoms. The van der Waals surface area contributed by atoms with Crippen LogP contribution in [-0.4, -0.2) is 49.2 Å². The Morgan fingerprint density at radius 2 is 2.23 bits per heavy atom. The summed E-state index contributed by atoms with van der Waals surface area (Å²) in [6, 6.07) is 0. The lowest BCUT2D eigenvalue weighted by atomic mass is 9.82. The van der Waals surface area contributed by atoms with E-state index < -0.39 is 32.4 Å². The Morgan fingerprint density at radius 3 is 2.68 bits per heavy atom. The summed E-state index contributed by atoms with van der Waals surface area (Å²) in [5, 5.41) is 13.2. The second kappa shape index (κ2) is 5.36. The quantitative estimate of drug-likeness (QED) is 0.767. The zero-order valence-electron chi connectivity index (χ0n) is 12.2. The zero-order chi connectivity index (χ0) is 16.8. The van der Waals surface area contributed by atoms with E-state index in [0.29, 0.717) is 0 Å². The molecular weight excluding hydrogens is 334 g/mol. The number of nitrogens with zero attached hydrogens (tertiary/aromatic N) is 1. The van der Waals surface area contributed by atoms with Crippen LogP contribution in [0.2, 0.25) is 0 Å². The number of alkyl halides is 1. The Bertz CT molecular complexity index is 697. The van der Waals surface area contributed by atoms with Crippen LogP contribution in [0, 0.1) is 5.92 Å². The number of sulfone groups is 1. The standard InChI is InChI=1S/C13H16ClNO6S/c1-12(20-2)7-10(15-21-12)13(14)6-8(22(3,18)19)4-5-9(13)11(16)17/h4-6,9H,7H2,1-3H3,(H,16,17). The third-order valence-electron chi connectivity index (χ3n) is 3.66. The lowest BCUT2D eigenvalue weighted by Crippen LogP contribution is -2.44. The van der Waals surface area contributed by atoms with E-state index in [4.69, 9.17) is 21.2 Å². The number of oxime groups is 1. The molecule has 1 aliphatic carbocycles. The SMILES string of the molecule is COC1(C)CC(C2(Cl)C=C(S(C)(=O)=O)C=CC2C(=O)O)=NO1. The summed E-state index contributed by atoms with van der Waals surface area (Å²) in [5.41, 5.74) is 0.205. The molecule has 0 aromatic carbocycles. The van der Waals surface area contributed by atoms with Crippen molar-refractivity contribution in [2.24, 2.45) is 11.1 Å². The van der Waals surface area contributed by atoms with Crippen molar-refractivity contribution in [1.82, 2.24) is 0 Å². The molecule has 0 bridgehead atoms. The van der Waals surface area contributed by atoms with Gasteiger partial charge in [0.2, 0.25) is 5.79 Å². The smallest absolute Gasteiger partial charge is 0.312 e. The molecule has 1 N–H and O–H groups in total. The zero-order valence-corrected chi connectivity index (χ0v) is 13.8. The van der Waals surface area contributed by atoms with Crippen molar-refractivity contribution in [2.75, 3.05) is 13.4 Å². The van der Waals surface area contributed by atoms with Gasteiger partial charge in [-0.25, -0.2) is 8.42 Å². The molecule has 3 atom stereocenters. The average molecular weight is 350 g/mol. The highest BCUT2D eigenvalue weighted by Gasteiger charge is 2.51. The van der Waals surface area contributed by atoms with Crippen molar-refractivity contribution in [3.05, 3.63) is 23.1 Å². The van der Waals surface area contributed by atoms with Gasteiger partial charge in [-0.05, 0) is 12.2 Å². The molecule has 122 valence electrons. The largest absolute Gasteiger partial charge is 0.481 e. The predicted octanol–water partition coefficient (Wildman–Crippen LogP) is 1.30. The van der Waals surface area contributed by atoms with Crippen molar-refractivity contribution in [3.63, 3.8) is 0 Å². The molecule has 3 unspecified atom stereocenters. The summed E-state index contributed by atoms with van der Waals surface area (Å²) in [5.74, 6) is -3.41. The molecule has 2 rings (SSSR count). The molecule has 0 aromatic heterocycles. The lowest BCUT2D eigenvalue weighted by molar-refractivity contribution is -0.192. The van der Waals surface area contributed by atoms with Crippen LogP contribution < -0.4 is 0 Å². The monoisotopic (exact) mass is 349 g/mol. The van der Waals surface area contributed by atoms with Crippen molar-refractivity contribution >= 4 is 33.1 Å².